The zero-order valence-electron chi connectivity index (χ0n) is 14.0. The van der Waals surface area contributed by atoms with E-state index in [1.165, 1.54) is 11.1 Å². The van der Waals surface area contributed by atoms with Crippen molar-refractivity contribution in [3.05, 3.63) is 22.9 Å². The average Bonchev–Trinajstić information content (AvgIpc) is 2.38. The van der Waals surface area contributed by atoms with Crippen LogP contribution < -0.4 is 10.2 Å². The lowest BCUT2D eigenvalue weighted by atomic mass is 10.1. The van der Waals surface area contributed by atoms with E-state index in [2.05, 4.69) is 63.1 Å². The van der Waals surface area contributed by atoms with Gasteiger partial charge in [0.2, 0.25) is 0 Å². The summed E-state index contributed by atoms with van der Waals surface area (Å²) in [6, 6.07) is 2.17. The molecule has 1 heterocycles. The van der Waals surface area contributed by atoms with Crippen LogP contribution in [0.3, 0.4) is 0 Å². The summed E-state index contributed by atoms with van der Waals surface area (Å²) in [6.07, 6.45) is 1.16. The number of nitrogens with one attached hydrogen (secondary N) is 1. The molecule has 0 spiro atoms. The average molecular weight is 278 g/mol. The maximum absolute atomic E-state index is 4.76. The van der Waals surface area contributed by atoms with Crippen molar-refractivity contribution in [3.8, 4) is 0 Å². The third-order valence-electron chi connectivity index (χ3n) is 3.43. The largest absolute Gasteiger partial charge is 0.358 e. The number of rotatable bonds is 8. The molecule has 0 aliphatic rings. The van der Waals surface area contributed by atoms with Crippen molar-refractivity contribution in [2.24, 2.45) is 0 Å². The summed E-state index contributed by atoms with van der Waals surface area (Å²) in [6.45, 7) is 10.4. The second kappa shape index (κ2) is 8.22. The highest BCUT2D eigenvalue weighted by Crippen LogP contribution is 2.21. The molecule has 114 valence electrons. The summed E-state index contributed by atoms with van der Waals surface area (Å²) >= 11 is 0. The van der Waals surface area contributed by atoms with Gasteiger partial charge in [-0.2, -0.15) is 0 Å². The number of pyridine rings is 1. The van der Waals surface area contributed by atoms with E-state index in [1.54, 1.807) is 0 Å². The van der Waals surface area contributed by atoms with Gasteiger partial charge in [-0.1, -0.05) is 6.92 Å². The van der Waals surface area contributed by atoms with Crippen LogP contribution in [0.2, 0.25) is 0 Å². The Bertz CT molecular complexity index is 415. The van der Waals surface area contributed by atoms with E-state index in [1.807, 2.05) is 0 Å². The molecule has 20 heavy (non-hydrogen) atoms. The minimum Gasteiger partial charge on any atom is -0.358 e. The van der Waals surface area contributed by atoms with Crippen LogP contribution in [0.4, 0.5) is 5.82 Å². The Morgan fingerprint density at radius 2 is 1.85 bits per heavy atom. The van der Waals surface area contributed by atoms with Crippen molar-refractivity contribution in [3.63, 3.8) is 0 Å². The molecule has 4 heteroatoms. The second-order valence-corrected chi connectivity index (χ2v) is 5.78. The predicted molar refractivity (Wildman–Crippen MR) is 87.5 cm³/mol. The fourth-order valence-electron chi connectivity index (χ4n) is 2.22. The first-order valence-electron chi connectivity index (χ1n) is 7.49. The van der Waals surface area contributed by atoms with Gasteiger partial charge in [-0.05, 0) is 52.5 Å². The maximum atomic E-state index is 4.76. The fourth-order valence-corrected chi connectivity index (χ4v) is 2.22. The van der Waals surface area contributed by atoms with E-state index in [-0.39, 0.29) is 0 Å². The normalized spacial score (nSPS) is 11.2. The molecule has 4 nitrogen and oxygen atoms in total. The van der Waals surface area contributed by atoms with Crippen LogP contribution in [0.5, 0.6) is 0 Å². The van der Waals surface area contributed by atoms with Gasteiger partial charge in [0.05, 0.1) is 0 Å². The molecule has 1 N–H and O–H groups in total. The Morgan fingerprint density at radius 1 is 1.15 bits per heavy atom. The first-order valence-corrected chi connectivity index (χ1v) is 7.49. The van der Waals surface area contributed by atoms with Gasteiger partial charge >= 0.3 is 0 Å². The number of hydrogen-bond acceptors (Lipinski definition) is 4. The molecule has 0 amide bonds. The van der Waals surface area contributed by atoms with Crippen molar-refractivity contribution in [2.45, 2.75) is 33.7 Å². The minimum absolute atomic E-state index is 0.897. The molecule has 0 aliphatic carbocycles. The van der Waals surface area contributed by atoms with Crippen molar-refractivity contribution in [1.82, 2.24) is 15.2 Å². The van der Waals surface area contributed by atoms with Gasteiger partial charge in [0.1, 0.15) is 5.82 Å². The third kappa shape index (κ3) is 5.10. The summed E-state index contributed by atoms with van der Waals surface area (Å²) in [7, 11) is 6.34. The molecule has 0 atom stereocenters. The number of hydrogen-bond donors (Lipinski definition) is 1. The van der Waals surface area contributed by atoms with Gasteiger partial charge in [-0.3, -0.25) is 0 Å². The van der Waals surface area contributed by atoms with Crippen LogP contribution >= 0.6 is 0 Å². The monoisotopic (exact) mass is 278 g/mol. The van der Waals surface area contributed by atoms with E-state index < -0.39 is 0 Å². The zero-order chi connectivity index (χ0) is 15.1. The van der Waals surface area contributed by atoms with Gasteiger partial charge in [-0.25, -0.2) is 4.98 Å². The van der Waals surface area contributed by atoms with Crippen LogP contribution in [0.25, 0.3) is 0 Å². The molecule has 0 radical (unpaired) electrons. The minimum atomic E-state index is 0.897. The Hall–Kier alpha value is -1.13. The predicted octanol–water partition coefficient (Wildman–Crippen LogP) is 2.20. The van der Waals surface area contributed by atoms with Gasteiger partial charge in [0.15, 0.2) is 0 Å². The topological polar surface area (TPSA) is 31.4 Å². The van der Waals surface area contributed by atoms with Gasteiger partial charge < -0.3 is 15.1 Å². The molecule has 1 rings (SSSR count). The van der Waals surface area contributed by atoms with E-state index in [9.17, 15) is 0 Å². The van der Waals surface area contributed by atoms with Crippen LogP contribution in [0.15, 0.2) is 6.07 Å². The number of aromatic nitrogens is 1. The summed E-state index contributed by atoms with van der Waals surface area (Å²) in [5.41, 5.74) is 3.74. The Kier molecular flexibility index (Phi) is 6.96. The van der Waals surface area contributed by atoms with Crippen molar-refractivity contribution in [2.75, 3.05) is 45.7 Å². The smallest absolute Gasteiger partial charge is 0.133 e. The van der Waals surface area contributed by atoms with Gasteiger partial charge in [-0.15, -0.1) is 0 Å². The van der Waals surface area contributed by atoms with Crippen molar-refractivity contribution < 1.29 is 0 Å². The van der Waals surface area contributed by atoms with Gasteiger partial charge in [0.25, 0.3) is 0 Å². The summed E-state index contributed by atoms with van der Waals surface area (Å²) in [5, 5.41) is 3.49. The van der Waals surface area contributed by atoms with E-state index in [0.29, 0.717) is 0 Å². The Morgan fingerprint density at radius 3 is 2.45 bits per heavy atom. The Balaban J connectivity index is 2.90. The summed E-state index contributed by atoms with van der Waals surface area (Å²) in [5.74, 6) is 1.12. The highest BCUT2D eigenvalue weighted by atomic mass is 15.2. The lowest BCUT2D eigenvalue weighted by molar-refractivity contribution is 0.416. The molecule has 0 saturated carbocycles. The molecule has 0 aromatic carbocycles. The molecular weight excluding hydrogens is 248 g/mol. The fraction of sp³-hybridized carbons (Fsp3) is 0.688. The SMILES string of the molecule is CCCNCc1c(C)cc(C)nc1N(C)CCN(C)C. The molecule has 0 bridgehead atoms. The Labute approximate surface area is 124 Å². The molecule has 0 fully saturated rings. The molecule has 0 saturated heterocycles. The zero-order valence-corrected chi connectivity index (χ0v) is 14.0. The van der Waals surface area contributed by atoms with Crippen LogP contribution in [0.1, 0.15) is 30.2 Å². The number of anilines is 1. The molecular formula is C16H30N4. The van der Waals surface area contributed by atoms with Crippen molar-refractivity contribution in [1.29, 1.82) is 0 Å². The highest BCUT2D eigenvalue weighted by molar-refractivity contribution is 5.51. The second-order valence-electron chi connectivity index (χ2n) is 5.78. The third-order valence-corrected chi connectivity index (χ3v) is 3.43. The summed E-state index contributed by atoms with van der Waals surface area (Å²) < 4.78 is 0. The van der Waals surface area contributed by atoms with Crippen LogP contribution in [-0.4, -0.2) is 50.7 Å². The van der Waals surface area contributed by atoms with Gasteiger partial charge in [0, 0.05) is 37.9 Å². The summed E-state index contributed by atoms with van der Waals surface area (Å²) in [4.78, 5) is 9.23. The molecule has 1 aromatic rings. The lowest BCUT2D eigenvalue weighted by Crippen LogP contribution is -2.30. The van der Waals surface area contributed by atoms with Crippen molar-refractivity contribution >= 4 is 5.82 Å². The van der Waals surface area contributed by atoms with E-state index in [0.717, 1.165) is 44.1 Å². The molecule has 0 unspecified atom stereocenters. The first kappa shape index (κ1) is 16.9. The van der Waals surface area contributed by atoms with Crippen LogP contribution in [-0.2, 0) is 6.54 Å². The van der Waals surface area contributed by atoms with E-state index in [4.69, 9.17) is 4.98 Å². The number of likely N-dealkylation sites (N-methyl/N-ethyl adjacent to an activating group) is 2. The van der Waals surface area contributed by atoms with Crippen LogP contribution in [0, 0.1) is 13.8 Å². The maximum Gasteiger partial charge on any atom is 0.133 e. The first-order chi connectivity index (χ1) is 9.45. The van der Waals surface area contributed by atoms with E-state index >= 15 is 0 Å². The molecule has 1 aromatic heterocycles. The standard InChI is InChI=1S/C16H30N4/c1-7-8-17-12-15-13(2)11-14(3)18-16(15)20(6)10-9-19(4)5/h11,17H,7-10,12H2,1-6H3. The highest BCUT2D eigenvalue weighted by Gasteiger charge is 2.12. The quantitative estimate of drug-likeness (QED) is 0.739. The molecule has 0 aliphatic heterocycles. The lowest BCUT2D eigenvalue weighted by Gasteiger charge is -2.24. The number of nitrogens with zero attached hydrogens (tertiary/aromatic N) is 3. The number of aryl methyl sites for hydroxylation is 2.